The molecule has 0 heterocycles. The first-order chi connectivity index (χ1) is 7.38. The Labute approximate surface area is 92.9 Å². The second-order valence-corrected chi connectivity index (χ2v) is 3.90. The largest absolute Gasteiger partial charge is 0.330 e. The van der Waals surface area contributed by atoms with Crippen LogP contribution in [-0.2, 0) is 0 Å². The van der Waals surface area contributed by atoms with Crippen molar-refractivity contribution in [3.05, 3.63) is 35.9 Å². The molecule has 1 unspecified atom stereocenters. The van der Waals surface area contributed by atoms with Gasteiger partial charge < -0.3 is 11.1 Å². The first kappa shape index (κ1) is 12.2. The molecule has 0 spiro atoms. The molecule has 0 bridgehead atoms. The zero-order valence-electron chi connectivity index (χ0n) is 9.58. The molecule has 15 heavy (non-hydrogen) atoms. The molecule has 3 N–H and O–H groups in total. The van der Waals surface area contributed by atoms with Gasteiger partial charge in [0, 0.05) is 19.0 Å². The van der Waals surface area contributed by atoms with Crippen molar-refractivity contribution in [1.82, 2.24) is 5.32 Å². The molecule has 1 atom stereocenters. The summed E-state index contributed by atoms with van der Waals surface area (Å²) in [7, 11) is 0. The third-order valence-corrected chi connectivity index (χ3v) is 2.65. The Hall–Kier alpha value is -0.860. The van der Waals surface area contributed by atoms with E-state index in [0.717, 1.165) is 13.1 Å². The van der Waals surface area contributed by atoms with Gasteiger partial charge in [-0.15, -0.1) is 0 Å². The quantitative estimate of drug-likeness (QED) is 0.671. The molecule has 2 heteroatoms. The minimum absolute atomic E-state index is 0.447. The van der Waals surface area contributed by atoms with Crippen molar-refractivity contribution in [2.24, 2.45) is 5.73 Å². The number of nitrogens with one attached hydrogen (secondary N) is 1. The van der Waals surface area contributed by atoms with E-state index in [4.69, 9.17) is 5.73 Å². The molecule has 0 radical (unpaired) electrons. The van der Waals surface area contributed by atoms with Crippen molar-refractivity contribution in [1.29, 1.82) is 0 Å². The van der Waals surface area contributed by atoms with E-state index in [9.17, 15) is 0 Å². The van der Waals surface area contributed by atoms with E-state index in [1.807, 2.05) is 6.07 Å². The zero-order chi connectivity index (χ0) is 10.9. The summed E-state index contributed by atoms with van der Waals surface area (Å²) >= 11 is 0. The van der Waals surface area contributed by atoms with Crippen LogP contribution in [0.1, 0.15) is 31.2 Å². The van der Waals surface area contributed by atoms with Crippen molar-refractivity contribution in [3.8, 4) is 0 Å². The molecule has 2 nitrogen and oxygen atoms in total. The second-order valence-electron chi connectivity index (χ2n) is 3.90. The lowest BCUT2D eigenvalue weighted by molar-refractivity contribution is 0.572. The Morgan fingerprint density at radius 3 is 2.60 bits per heavy atom. The summed E-state index contributed by atoms with van der Waals surface area (Å²) in [4.78, 5) is 0. The summed E-state index contributed by atoms with van der Waals surface area (Å²) in [5.41, 5.74) is 7.12. The molecule has 0 saturated heterocycles. The smallest absolute Gasteiger partial charge is 0.00863 e. The van der Waals surface area contributed by atoms with E-state index in [2.05, 4.69) is 36.5 Å². The maximum atomic E-state index is 5.78. The van der Waals surface area contributed by atoms with Crippen LogP contribution in [0.2, 0.25) is 0 Å². The minimum atomic E-state index is 0.447. The second kappa shape index (κ2) is 7.43. The lowest BCUT2D eigenvalue weighted by Gasteiger charge is -2.15. The summed E-state index contributed by atoms with van der Waals surface area (Å²) in [6.45, 7) is 5.00. The predicted molar refractivity (Wildman–Crippen MR) is 66.0 cm³/mol. The first-order valence-electron chi connectivity index (χ1n) is 5.84. The fraction of sp³-hybridized carbons (Fsp3) is 0.538. The zero-order valence-corrected chi connectivity index (χ0v) is 9.58. The topological polar surface area (TPSA) is 38.0 Å². The normalized spacial score (nSPS) is 12.7. The molecule has 1 aromatic carbocycles. The average Bonchev–Trinajstić information content (AvgIpc) is 2.30. The van der Waals surface area contributed by atoms with Gasteiger partial charge in [0.1, 0.15) is 0 Å². The van der Waals surface area contributed by atoms with Gasteiger partial charge in [0.25, 0.3) is 0 Å². The number of rotatable bonds is 7. The molecule has 0 saturated carbocycles. The highest BCUT2D eigenvalue weighted by Crippen LogP contribution is 2.12. The van der Waals surface area contributed by atoms with Gasteiger partial charge in [-0.3, -0.25) is 0 Å². The summed E-state index contributed by atoms with van der Waals surface area (Å²) in [5, 5.41) is 3.46. The highest BCUT2D eigenvalue weighted by molar-refractivity contribution is 5.20. The van der Waals surface area contributed by atoms with Crippen LogP contribution >= 0.6 is 0 Å². The van der Waals surface area contributed by atoms with E-state index in [-0.39, 0.29) is 0 Å². The molecule has 0 aliphatic heterocycles. The third kappa shape index (κ3) is 4.45. The maximum Gasteiger partial charge on any atom is 0.00863 e. The van der Waals surface area contributed by atoms with Crippen LogP contribution in [-0.4, -0.2) is 19.6 Å². The molecule has 84 valence electrons. The predicted octanol–water partition coefficient (Wildman–Crippen LogP) is 2.12. The Kier molecular flexibility index (Phi) is 6.05. The van der Waals surface area contributed by atoms with Gasteiger partial charge in [-0.05, 0) is 18.5 Å². The molecule has 1 rings (SSSR count). The SMILES string of the molecule is CCCCNCC(CN)c1ccccc1. The standard InChI is InChI=1S/C13H22N2/c1-2-3-9-15-11-13(10-14)12-7-5-4-6-8-12/h4-8,13,15H,2-3,9-11,14H2,1H3. The molecule has 1 aromatic rings. The Bertz CT molecular complexity index is 246. The highest BCUT2D eigenvalue weighted by atomic mass is 14.9. The number of hydrogen-bond donors (Lipinski definition) is 2. The van der Waals surface area contributed by atoms with Gasteiger partial charge in [-0.25, -0.2) is 0 Å². The first-order valence-corrected chi connectivity index (χ1v) is 5.84. The highest BCUT2D eigenvalue weighted by Gasteiger charge is 2.07. The van der Waals surface area contributed by atoms with Crippen molar-refractivity contribution in [3.63, 3.8) is 0 Å². The van der Waals surface area contributed by atoms with Gasteiger partial charge in [0.05, 0.1) is 0 Å². The van der Waals surface area contributed by atoms with E-state index in [1.165, 1.54) is 18.4 Å². The Morgan fingerprint density at radius 2 is 2.00 bits per heavy atom. The van der Waals surface area contributed by atoms with Crippen molar-refractivity contribution in [2.45, 2.75) is 25.7 Å². The van der Waals surface area contributed by atoms with Crippen LogP contribution in [0.25, 0.3) is 0 Å². The van der Waals surface area contributed by atoms with Crippen molar-refractivity contribution in [2.75, 3.05) is 19.6 Å². The molecule has 0 aromatic heterocycles. The van der Waals surface area contributed by atoms with Crippen LogP contribution in [0.4, 0.5) is 0 Å². The molecular formula is C13H22N2. The molecule has 0 aliphatic carbocycles. The van der Waals surface area contributed by atoms with Gasteiger partial charge >= 0.3 is 0 Å². The van der Waals surface area contributed by atoms with E-state index < -0.39 is 0 Å². The maximum absolute atomic E-state index is 5.78. The Balaban J connectivity index is 2.36. The summed E-state index contributed by atoms with van der Waals surface area (Å²) in [5.74, 6) is 0.447. The Morgan fingerprint density at radius 1 is 1.27 bits per heavy atom. The lowest BCUT2D eigenvalue weighted by atomic mass is 9.99. The van der Waals surface area contributed by atoms with Crippen molar-refractivity contribution < 1.29 is 0 Å². The minimum Gasteiger partial charge on any atom is -0.330 e. The van der Waals surface area contributed by atoms with Crippen LogP contribution in [0.15, 0.2) is 30.3 Å². The average molecular weight is 206 g/mol. The monoisotopic (exact) mass is 206 g/mol. The number of benzene rings is 1. The van der Waals surface area contributed by atoms with Crippen LogP contribution < -0.4 is 11.1 Å². The summed E-state index contributed by atoms with van der Waals surface area (Å²) in [6.07, 6.45) is 2.48. The van der Waals surface area contributed by atoms with Crippen molar-refractivity contribution >= 4 is 0 Å². The van der Waals surface area contributed by atoms with Crippen LogP contribution in [0.3, 0.4) is 0 Å². The van der Waals surface area contributed by atoms with Gasteiger partial charge in [-0.2, -0.15) is 0 Å². The van der Waals surface area contributed by atoms with Gasteiger partial charge in [0.2, 0.25) is 0 Å². The molecule has 0 amide bonds. The summed E-state index contributed by atoms with van der Waals surface area (Å²) in [6, 6.07) is 10.5. The fourth-order valence-electron chi connectivity index (χ4n) is 1.64. The van der Waals surface area contributed by atoms with E-state index >= 15 is 0 Å². The molecule has 0 fully saturated rings. The van der Waals surface area contributed by atoms with Gasteiger partial charge in [0.15, 0.2) is 0 Å². The van der Waals surface area contributed by atoms with Crippen LogP contribution in [0, 0.1) is 0 Å². The molecule has 0 aliphatic rings. The third-order valence-electron chi connectivity index (χ3n) is 2.65. The molecular weight excluding hydrogens is 184 g/mol. The lowest BCUT2D eigenvalue weighted by Crippen LogP contribution is -2.27. The van der Waals surface area contributed by atoms with Crippen LogP contribution in [0.5, 0.6) is 0 Å². The number of nitrogens with two attached hydrogens (primary N) is 1. The van der Waals surface area contributed by atoms with E-state index in [0.29, 0.717) is 12.5 Å². The summed E-state index contributed by atoms with van der Waals surface area (Å²) < 4.78 is 0. The number of hydrogen-bond acceptors (Lipinski definition) is 2. The van der Waals surface area contributed by atoms with E-state index in [1.54, 1.807) is 0 Å². The van der Waals surface area contributed by atoms with Gasteiger partial charge in [-0.1, -0.05) is 43.7 Å². The fourth-order valence-corrected chi connectivity index (χ4v) is 1.64. The number of unbranched alkanes of at least 4 members (excludes halogenated alkanes) is 1.